The maximum atomic E-state index is 13.2. The maximum absolute atomic E-state index is 13.2. The first-order valence-corrected chi connectivity index (χ1v) is 10.7. The van der Waals surface area contributed by atoms with Gasteiger partial charge in [-0.05, 0) is 24.6 Å². The second-order valence-electron chi connectivity index (χ2n) is 7.43. The fourth-order valence-corrected chi connectivity index (χ4v) is 4.46. The minimum atomic E-state index is -0.242. The number of carbonyl (C=O) groups is 1. The van der Waals surface area contributed by atoms with Gasteiger partial charge < -0.3 is 14.8 Å². The molecule has 7 nitrogen and oxygen atoms in total. The predicted molar refractivity (Wildman–Crippen MR) is 115 cm³/mol. The summed E-state index contributed by atoms with van der Waals surface area (Å²) in [6, 6.07) is 6.58. The van der Waals surface area contributed by atoms with E-state index in [0.29, 0.717) is 26.2 Å². The summed E-state index contributed by atoms with van der Waals surface area (Å²) in [6.45, 7) is 5.19. The Hall–Kier alpha value is -2.78. The number of thiazole rings is 1. The van der Waals surface area contributed by atoms with Crippen LogP contribution in [0.1, 0.15) is 29.1 Å². The van der Waals surface area contributed by atoms with Crippen LogP contribution in [-0.4, -0.2) is 56.9 Å². The quantitative estimate of drug-likeness (QED) is 0.627. The van der Waals surface area contributed by atoms with E-state index < -0.39 is 0 Å². The Kier molecular flexibility index (Phi) is 6.10. The Labute approximate surface area is 179 Å². The van der Waals surface area contributed by atoms with Crippen molar-refractivity contribution in [1.82, 2.24) is 24.3 Å². The van der Waals surface area contributed by atoms with E-state index in [1.54, 1.807) is 29.8 Å². The standard InChI is InChI=1S/C21H25FN6OS/c1-15(16-3-5-17(22)6-4-16)28-14-24-9-18(28)11-26-7-8-27(20(29)13-26)12-19-10-25-21(23-2)30-19/h3-6,9-10,14-15H,7-8,11-13H2,1-2H3,(H,23,25). The van der Waals surface area contributed by atoms with Gasteiger partial charge in [-0.25, -0.2) is 14.4 Å². The number of benzene rings is 1. The van der Waals surface area contributed by atoms with Crippen molar-refractivity contribution in [3.05, 3.63) is 64.9 Å². The van der Waals surface area contributed by atoms with Gasteiger partial charge in [-0.3, -0.25) is 9.69 Å². The number of hydrogen-bond donors (Lipinski definition) is 1. The molecule has 1 saturated heterocycles. The molecule has 3 aromatic rings. The molecule has 1 amide bonds. The van der Waals surface area contributed by atoms with Crippen molar-refractivity contribution in [2.75, 3.05) is 32.0 Å². The third-order valence-corrected chi connectivity index (χ3v) is 6.41. The van der Waals surface area contributed by atoms with Crippen LogP contribution in [-0.2, 0) is 17.9 Å². The lowest BCUT2D eigenvalue weighted by Crippen LogP contribution is -2.49. The monoisotopic (exact) mass is 428 g/mol. The summed E-state index contributed by atoms with van der Waals surface area (Å²) >= 11 is 1.57. The Morgan fingerprint density at radius 2 is 2.00 bits per heavy atom. The molecule has 1 atom stereocenters. The van der Waals surface area contributed by atoms with E-state index in [-0.39, 0.29) is 17.8 Å². The number of halogens is 1. The molecule has 4 rings (SSSR count). The van der Waals surface area contributed by atoms with Crippen molar-refractivity contribution in [2.24, 2.45) is 0 Å². The summed E-state index contributed by atoms with van der Waals surface area (Å²) in [6.07, 6.45) is 5.46. The number of anilines is 1. The summed E-state index contributed by atoms with van der Waals surface area (Å²) in [5.74, 6) is -0.119. The molecule has 1 aliphatic heterocycles. The lowest BCUT2D eigenvalue weighted by molar-refractivity contribution is -0.136. The van der Waals surface area contributed by atoms with Gasteiger partial charge in [-0.1, -0.05) is 12.1 Å². The van der Waals surface area contributed by atoms with Gasteiger partial charge in [0.25, 0.3) is 0 Å². The molecule has 2 aromatic heterocycles. The van der Waals surface area contributed by atoms with Crippen molar-refractivity contribution >= 4 is 22.4 Å². The van der Waals surface area contributed by atoms with Crippen molar-refractivity contribution < 1.29 is 9.18 Å². The maximum Gasteiger partial charge on any atom is 0.237 e. The highest BCUT2D eigenvalue weighted by Crippen LogP contribution is 2.23. The van der Waals surface area contributed by atoms with Crippen LogP contribution in [0.15, 0.2) is 43.0 Å². The van der Waals surface area contributed by atoms with Crippen molar-refractivity contribution in [3.63, 3.8) is 0 Å². The minimum absolute atomic E-state index is 0.0350. The Balaban J connectivity index is 1.37. The summed E-state index contributed by atoms with van der Waals surface area (Å²) in [5.41, 5.74) is 2.05. The molecule has 0 spiro atoms. The Morgan fingerprint density at radius 1 is 1.20 bits per heavy atom. The fourth-order valence-electron chi connectivity index (χ4n) is 3.68. The summed E-state index contributed by atoms with van der Waals surface area (Å²) in [5, 5.41) is 3.89. The highest BCUT2D eigenvalue weighted by molar-refractivity contribution is 7.15. The third kappa shape index (κ3) is 4.52. The van der Waals surface area contributed by atoms with Gasteiger partial charge in [-0.2, -0.15) is 0 Å². The van der Waals surface area contributed by atoms with Gasteiger partial charge >= 0.3 is 0 Å². The van der Waals surface area contributed by atoms with Gasteiger partial charge in [0.2, 0.25) is 5.91 Å². The number of rotatable bonds is 7. The van der Waals surface area contributed by atoms with Crippen LogP contribution in [0.5, 0.6) is 0 Å². The molecular weight excluding hydrogens is 403 g/mol. The number of amides is 1. The molecule has 0 aliphatic carbocycles. The lowest BCUT2D eigenvalue weighted by atomic mass is 10.1. The molecule has 0 saturated carbocycles. The van der Waals surface area contributed by atoms with E-state index in [9.17, 15) is 9.18 Å². The number of imidazole rings is 1. The first-order chi connectivity index (χ1) is 14.5. The molecule has 1 N–H and O–H groups in total. The minimum Gasteiger partial charge on any atom is -0.365 e. The van der Waals surface area contributed by atoms with Gasteiger partial charge in [0, 0.05) is 44.0 Å². The molecular formula is C21H25FN6OS. The highest BCUT2D eigenvalue weighted by atomic mass is 32.1. The van der Waals surface area contributed by atoms with E-state index in [4.69, 9.17) is 0 Å². The second-order valence-corrected chi connectivity index (χ2v) is 8.54. The van der Waals surface area contributed by atoms with Gasteiger partial charge in [0.05, 0.1) is 31.2 Å². The molecule has 0 radical (unpaired) electrons. The predicted octanol–water partition coefficient (Wildman–Crippen LogP) is 2.97. The Bertz CT molecular complexity index is 1000. The zero-order valence-corrected chi connectivity index (χ0v) is 17.9. The first-order valence-electron chi connectivity index (χ1n) is 9.92. The second kappa shape index (κ2) is 8.93. The van der Waals surface area contributed by atoms with E-state index in [1.807, 2.05) is 24.3 Å². The van der Waals surface area contributed by atoms with Crippen LogP contribution < -0.4 is 5.32 Å². The Morgan fingerprint density at radius 3 is 2.70 bits per heavy atom. The molecule has 1 unspecified atom stereocenters. The summed E-state index contributed by atoms with van der Waals surface area (Å²) < 4.78 is 15.3. The van der Waals surface area contributed by atoms with E-state index >= 15 is 0 Å². The van der Waals surface area contributed by atoms with E-state index in [1.165, 1.54) is 12.1 Å². The van der Waals surface area contributed by atoms with Gasteiger partial charge in [-0.15, -0.1) is 11.3 Å². The third-order valence-electron chi connectivity index (χ3n) is 5.41. The highest BCUT2D eigenvalue weighted by Gasteiger charge is 2.25. The molecule has 30 heavy (non-hydrogen) atoms. The van der Waals surface area contributed by atoms with Gasteiger partial charge in [0.1, 0.15) is 5.82 Å². The number of nitrogens with zero attached hydrogens (tertiary/aromatic N) is 5. The molecule has 0 bridgehead atoms. The molecule has 9 heteroatoms. The van der Waals surface area contributed by atoms with Crippen molar-refractivity contribution in [1.29, 1.82) is 0 Å². The molecule has 1 fully saturated rings. The fraction of sp³-hybridized carbons (Fsp3) is 0.381. The van der Waals surface area contributed by atoms with Crippen LogP contribution >= 0.6 is 11.3 Å². The zero-order chi connectivity index (χ0) is 21.1. The number of carbonyl (C=O) groups excluding carboxylic acids is 1. The average Bonchev–Trinajstić information content (AvgIpc) is 3.39. The molecule has 158 valence electrons. The molecule has 3 heterocycles. The topological polar surface area (TPSA) is 66.3 Å². The van der Waals surface area contributed by atoms with Gasteiger partial charge in [0.15, 0.2) is 5.13 Å². The molecule has 1 aromatic carbocycles. The smallest absolute Gasteiger partial charge is 0.237 e. The number of nitrogens with one attached hydrogen (secondary N) is 1. The van der Waals surface area contributed by atoms with E-state index in [0.717, 1.165) is 27.8 Å². The number of hydrogen-bond acceptors (Lipinski definition) is 6. The zero-order valence-electron chi connectivity index (χ0n) is 17.1. The van der Waals surface area contributed by atoms with Crippen molar-refractivity contribution in [2.45, 2.75) is 26.1 Å². The SMILES string of the molecule is CNc1ncc(CN2CCN(Cc3cncn3C(C)c3ccc(F)cc3)CC2=O)s1. The van der Waals surface area contributed by atoms with Crippen LogP contribution in [0.3, 0.4) is 0 Å². The average molecular weight is 429 g/mol. The first kappa shape index (κ1) is 20.5. The summed E-state index contributed by atoms with van der Waals surface area (Å²) in [7, 11) is 1.84. The van der Waals surface area contributed by atoms with Crippen molar-refractivity contribution in [3.8, 4) is 0 Å². The van der Waals surface area contributed by atoms with Crippen LogP contribution in [0.4, 0.5) is 9.52 Å². The van der Waals surface area contributed by atoms with Crippen LogP contribution in [0.25, 0.3) is 0 Å². The normalized spacial score (nSPS) is 16.1. The largest absolute Gasteiger partial charge is 0.365 e. The van der Waals surface area contributed by atoms with Crippen LogP contribution in [0, 0.1) is 5.82 Å². The van der Waals surface area contributed by atoms with E-state index in [2.05, 4.69) is 31.7 Å². The lowest BCUT2D eigenvalue weighted by Gasteiger charge is -2.34. The van der Waals surface area contributed by atoms with Crippen LogP contribution in [0.2, 0.25) is 0 Å². The summed E-state index contributed by atoms with van der Waals surface area (Å²) in [4.78, 5) is 26.4. The molecule has 1 aliphatic rings. The number of piperazine rings is 1. The number of aromatic nitrogens is 3.